The SMILES string of the molecule is CON(C)C(=O)c1ccc(C(C)=O)cc1. The Balaban J connectivity index is 2.89. The maximum Gasteiger partial charge on any atom is 0.277 e. The molecule has 0 aliphatic carbocycles. The molecule has 80 valence electrons. The number of amides is 1. The second-order valence-electron chi connectivity index (χ2n) is 3.12. The molecule has 4 nitrogen and oxygen atoms in total. The van der Waals surface area contributed by atoms with Gasteiger partial charge in [-0.1, -0.05) is 12.1 Å². The standard InChI is InChI=1S/C11H13NO3/c1-8(13)9-4-6-10(7-5-9)11(14)12(2)15-3/h4-7H,1-3H3. The zero-order chi connectivity index (χ0) is 11.4. The third kappa shape index (κ3) is 2.63. The Hall–Kier alpha value is -1.68. The maximum atomic E-state index is 11.6. The van der Waals surface area contributed by atoms with Crippen LogP contribution in [0.5, 0.6) is 0 Å². The molecule has 0 aromatic heterocycles. The van der Waals surface area contributed by atoms with E-state index in [0.29, 0.717) is 11.1 Å². The molecular weight excluding hydrogens is 194 g/mol. The number of nitrogens with zero attached hydrogens (tertiary/aromatic N) is 1. The Bertz CT molecular complexity index is 370. The van der Waals surface area contributed by atoms with E-state index in [1.165, 1.54) is 21.1 Å². The van der Waals surface area contributed by atoms with Crippen molar-refractivity contribution >= 4 is 11.7 Å². The summed E-state index contributed by atoms with van der Waals surface area (Å²) in [6.07, 6.45) is 0. The Kier molecular flexibility index (Phi) is 3.57. The lowest BCUT2D eigenvalue weighted by atomic mass is 10.1. The zero-order valence-corrected chi connectivity index (χ0v) is 8.98. The summed E-state index contributed by atoms with van der Waals surface area (Å²) in [7, 11) is 2.95. The first kappa shape index (κ1) is 11.4. The minimum absolute atomic E-state index is 0.0194. The van der Waals surface area contributed by atoms with E-state index in [-0.39, 0.29) is 11.7 Å². The van der Waals surface area contributed by atoms with E-state index < -0.39 is 0 Å². The van der Waals surface area contributed by atoms with Crippen molar-refractivity contribution in [1.29, 1.82) is 0 Å². The summed E-state index contributed by atoms with van der Waals surface area (Å²) in [6, 6.07) is 6.46. The van der Waals surface area contributed by atoms with E-state index in [9.17, 15) is 9.59 Å². The molecule has 0 fully saturated rings. The molecule has 0 aliphatic rings. The molecule has 0 heterocycles. The van der Waals surface area contributed by atoms with Gasteiger partial charge in [0, 0.05) is 18.2 Å². The van der Waals surface area contributed by atoms with Crippen LogP contribution in [-0.2, 0) is 4.84 Å². The van der Waals surface area contributed by atoms with Crippen LogP contribution in [0.1, 0.15) is 27.6 Å². The number of hydrogen-bond donors (Lipinski definition) is 0. The molecule has 1 rings (SSSR count). The highest BCUT2D eigenvalue weighted by Crippen LogP contribution is 2.07. The van der Waals surface area contributed by atoms with E-state index in [1.807, 2.05) is 0 Å². The highest BCUT2D eigenvalue weighted by molar-refractivity contribution is 5.97. The van der Waals surface area contributed by atoms with Crippen LogP contribution >= 0.6 is 0 Å². The zero-order valence-electron chi connectivity index (χ0n) is 8.98. The summed E-state index contributed by atoms with van der Waals surface area (Å²) >= 11 is 0. The van der Waals surface area contributed by atoms with Crippen molar-refractivity contribution in [3.63, 3.8) is 0 Å². The largest absolute Gasteiger partial charge is 0.295 e. The number of hydroxylamine groups is 2. The van der Waals surface area contributed by atoms with Crippen molar-refractivity contribution in [2.24, 2.45) is 0 Å². The number of rotatable bonds is 3. The Morgan fingerprint density at radius 1 is 1.13 bits per heavy atom. The van der Waals surface area contributed by atoms with Crippen molar-refractivity contribution in [2.45, 2.75) is 6.92 Å². The lowest BCUT2D eigenvalue weighted by molar-refractivity contribution is -0.0756. The van der Waals surface area contributed by atoms with E-state index in [0.717, 1.165) is 5.06 Å². The van der Waals surface area contributed by atoms with Gasteiger partial charge < -0.3 is 0 Å². The van der Waals surface area contributed by atoms with Crippen LogP contribution in [-0.4, -0.2) is 30.9 Å². The molecule has 1 amide bonds. The van der Waals surface area contributed by atoms with Crippen LogP contribution in [0.2, 0.25) is 0 Å². The number of benzene rings is 1. The topological polar surface area (TPSA) is 46.6 Å². The predicted molar refractivity (Wildman–Crippen MR) is 55.5 cm³/mol. The third-order valence-corrected chi connectivity index (χ3v) is 2.10. The second-order valence-corrected chi connectivity index (χ2v) is 3.12. The lowest BCUT2D eigenvalue weighted by Crippen LogP contribution is -2.25. The summed E-state index contributed by atoms with van der Waals surface area (Å²) in [4.78, 5) is 27.3. The van der Waals surface area contributed by atoms with Gasteiger partial charge in [-0.25, -0.2) is 5.06 Å². The van der Waals surface area contributed by atoms with Gasteiger partial charge in [0.2, 0.25) is 0 Å². The fourth-order valence-corrected chi connectivity index (χ4v) is 1.11. The molecule has 0 saturated heterocycles. The summed E-state index contributed by atoms with van der Waals surface area (Å²) in [5.74, 6) is -0.262. The van der Waals surface area contributed by atoms with Gasteiger partial charge in [0.05, 0.1) is 7.11 Å². The van der Waals surface area contributed by atoms with Crippen molar-refractivity contribution in [2.75, 3.05) is 14.2 Å². The number of Topliss-reactive ketones (excluding diaryl/α,β-unsaturated/α-hetero) is 1. The highest BCUT2D eigenvalue weighted by atomic mass is 16.7. The lowest BCUT2D eigenvalue weighted by Gasteiger charge is -2.13. The van der Waals surface area contributed by atoms with Crippen molar-refractivity contribution < 1.29 is 14.4 Å². The van der Waals surface area contributed by atoms with Gasteiger partial charge in [-0.3, -0.25) is 14.4 Å². The first-order valence-electron chi connectivity index (χ1n) is 4.49. The molecule has 4 heteroatoms. The molecule has 0 saturated carbocycles. The highest BCUT2D eigenvalue weighted by Gasteiger charge is 2.11. The molecule has 0 spiro atoms. The van der Waals surface area contributed by atoms with Gasteiger partial charge in [0.1, 0.15) is 0 Å². The Morgan fingerprint density at radius 3 is 2.00 bits per heavy atom. The number of carbonyl (C=O) groups is 2. The molecule has 0 radical (unpaired) electrons. The molecule has 0 N–H and O–H groups in total. The number of hydrogen-bond acceptors (Lipinski definition) is 3. The third-order valence-electron chi connectivity index (χ3n) is 2.10. The average molecular weight is 207 g/mol. The quantitative estimate of drug-likeness (QED) is 0.557. The van der Waals surface area contributed by atoms with Crippen molar-refractivity contribution in [3.05, 3.63) is 35.4 Å². The molecule has 0 atom stereocenters. The Labute approximate surface area is 88.4 Å². The normalized spacial score (nSPS) is 9.80. The minimum Gasteiger partial charge on any atom is -0.295 e. The summed E-state index contributed by atoms with van der Waals surface area (Å²) < 4.78 is 0. The molecule has 15 heavy (non-hydrogen) atoms. The van der Waals surface area contributed by atoms with Crippen LogP contribution in [0.4, 0.5) is 0 Å². The van der Waals surface area contributed by atoms with Crippen LogP contribution in [0.25, 0.3) is 0 Å². The average Bonchev–Trinajstić information content (AvgIpc) is 2.27. The molecule has 0 unspecified atom stereocenters. The van der Waals surface area contributed by atoms with Crippen molar-refractivity contribution in [3.8, 4) is 0 Å². The van der Waals surface area contributed by atoms with Crippen LogP contribution in [0.3, 0.4) is 0 Å². The van der Waals surface area contributed by atoms with E-state index in [1.54, 1.807) is 24.3 Å². The molecule has 1 aromatic rings. The van der Waals surface area contributed by atoms with Gasteiger partial charge in [-0.05, 0) is 19.1 Å². The number of ketones is 1. The van der Waals surface area contributed by atoms with E-state index in [2.05, 4.69) is 0 Å². The second kappa shape index (κ2) is 4.70. The van der Waals surface area contributed by atoms with Crippen LogP contribution in [0.15, 0.2) is 24.3 Å². The first-order valence-corrected chi connectivity index (χ1v) is 4.49. The summed E-state index contributed by atoms with van der Waals surface area (Å²) in [5.41, 5.74) is 1.08. The fraction of sp³-hybridized carbons (Fsp3) is 0.273. The molecule has 0 aliphatic heterocycles. The van der Waals surface area contributed by atoms with Crippen LogP contribution < -0.4 is 0 Å². The molecular formula is C11H13NO3. The molecule has 1 aromatic carbocycles. The first-order chi connectivity index (χ1) is 7.06. The monoisotopic (exact) mass is 207 g/mol. The van der Waals surface area contributed by atoms with E-state index >= 15 is 0 Å². The van der Waals surface area contributed by atoms with Crippen LogP contribution in [0, 0.1) is 0 Å². The maximum absolute atomic E-state index is 11.6. The summed E-state index contributed by atoms with van der Waals surface area (Å²) in [5, 5.41) is 1.13. The fourth-order valence-electron chi connectivity index (χ4n) is 1.11. The summed E-state index contributed by atoms with van der Waals surface area (Å²) in [6.45, 7) is 1.48. The van der Waals surface area contributed by atoms with Gasteiger partial charge in [0.25, 0.3) is 5.91 Å². The van der Waals surface area contributed by atoms with Gasteiger partial charge in [0.15, 0.2) is 5.78 Å². The van der Waals surface area contributed by atoms with Gasteiger partial charge in [-0.15, -0.1) is 0 Å². The predicted octanol–water partition coefficient (Wildman–Crippen LogP) is 1.52. The van der Waals surface area contributed by atoms with Gasteiger partial charge >= 0.3 is 0 Å². The minimum atomic E-state index is -0.243. The van der Waals surface area contributed by atoms with Gasteiger partial charge in [-0.2, -0.15) is 0 Å². The smallest absolute Gasteiger partial charge is 0.277 e. The van der Waals surface area contributed by atoms with E-state index in [4.69, 9.17) is 4.84 Å². The molecule has 0 bridgehead atoms. The number of carbonyl (C=O) groups excluding carboxylic acids is 2. The Morgan fingerprint density at radius 2 is 1.60 bits per heavy atom. The van der Waals surface area contributed by atoms with Crippen molar-refractivity contribution in [1.82, 2.24) is 5.06 Å².